The third-order valence-corrected chi connectivity index (χ3v) is 3.22. The van der Waals surface area contributed by atoms with E-state index >= 15 is 0 Å². The highest BCUT2D eigenvalue weighted by atomic mass is 14.9. The zero-order valence-corrected chi connectivity index (χ0v) is 7.09. The van der Waals surface area contributed by atoms with Crippen LogP contribution in [0.5, 0.6) is 0 Å². The lowest BCUT2D eigenvalue weighted by Crippen LogP contribution is -2.24. The van der Waals surface area contributed by atoms with Crippen LogP contribution in [0.4, 0.5) is 0 Å². The predicted octanol–water partition coefficient (Wildman–Crippen LogP) is 2.21. The van der Waals surface area contributed by atoms with Gasteiger partial charge in [0, 0.05) is 6.04 Å². The van der Waals surface area contributed by atoms with Gasteiger partial charge in [-0.2, -0.15) is 0 Å². The highest BCUT2D eigenvalue weighted by Crippen LogP contribution is 2.44. The van der Waals surface area contributed by atoms with E-state index in [0.717, 1.165) is 5.92 Å². The highest BCUT2D eigenvalue weighted by molar-refractivity contribution is 5.38. The molecule has 0 amide bonds. The third-order valence-electron chi connectivity index (χ3n) is 3.22. The van der Waals surface area contributed by atoms with Crippen LogP contribution in [0, 0.1) is 0 Å². The Morgan fingerprint density at radius 1 is 1.17 bits per heavy atom. The quantitative estimate of drug-likeness (QED) is 0.612. The van der Waals surface area contributed by atoms with Gasteiger partial charge in [-0.3, -0.25) is 0 Å². The van der Waals surface area contributed by atoms with Crippen molar-refractivity contribution >= 4 is 0 Å². The molecule has 1 N–H and O–H groups in total. The van der Waals surface area contributed by atoms with E-state index in [1.807, 2.05) is 0 Å². The summed E-state index contributed by atoms with van der Waals surface area (Å²) in [7, 11) is 0. The van der Waals surface area contributed by atoms with Crippen molar-refractivity contribution in [2.24, 2.45) is 0 Å². The van der Waals surface area contributed by atoms with E-state index in [4.69, 9.17) is 0 Å². The Kier molecular flexibility index (Phi) is 1.30. The zero-order valence-electron chi connectivity index (χ0n) is 7.09. The average Bonchev–Trinajstić information content (AvgIpc) is 2.41. The topological polar surface area (TPSA) is 12.0 Å². The highest BCUT2D eigenvalue weighted by Gasteiger charge is 2.32. The van der Waals surface area contributed by atoms with Gasteiger partial charge >= 0.3 is 0 Å². The first-order chi connectivity index (χ1) is 5.95. The van der Waals surface area contributed by atoms with E-state index in [-0.39, 0.29) is 0 Å². The Morgan fingerprint density at radius 2 is 2.00 bits per heavy atom. The van der Waals surface area contributed by atoms with Crippen LogP contribution in [-0.4, -0.2) is 6.54 Å². The van der Waals surface area contributed by atoms with Crippen LogP contribution in [0.25, 0.3) is 0 Å². The second kappa shape index (κ2) is 2.33. The molecule has 2 bridgehead atoms. The summed E-state index contributed by atoms with van der Waals surface area (Å²) in [6, 6.07) is 9.56. The molecule has 1 aliphatic heterocycles. The Morgan fingerprint density at radius 3 is 2.92 bits per heavy atom. The third kappa shape index (κ3) is 0.774. The molecule has 2 atom stereocenters. The fourth-order valence-corrected chi connectivity index (χ4v) is 2.64. The molecule has 0 aromatic heterocycles. The molecule has 1 aliphatic carbocycles. The first-order valence-corrected chi connectivity index (χ1v) is 4.77. The normalized spacial score (nSPS) is 31.7. The van der Waals surface area contributed by atoms with Gasteiger partial charge in [0.1, 0.15) is 0 Å². The van der Waals surface area contributed by atoms with Crippen LogP contribution in [0.15, 0.2) is 24.3 Å². The number of hydrogen-bond acceptors (Lipinski definition) is 1. The van der Waals surface area contributed by atoms with Gasteiger partial charge in [0.15, 0.2) is 0 Å². The monoisotopic (exact) mass is 159 g/mol. The Bertz CT molecular complexity index is 277. The van der Waals surface area contributed by atoms with Crippen LogP contribution < -0.4 is 5.32 Å². The largest absolute Gasteiger partial charge is 0.310 e. The Hall–Kier alpha value is -0.820. The van der Waals surface area contributed by atoms with Crippen LogP contribution in [0.2, 0.25) is 0 Å². The van der Waals surface area contributed by atoms with Gasteiger partial charge in [-0.1, -0.05) is 24.3 Å². The van der Waals surface area contributed by atoms with E-state index in [2.05, 4.69) is 29.6 Å². The van der Waals surface area contributed by atoms with Crippen LogP contribution in [0.1, 0.15) is 35.9 Å². The summed E-state index contributed by atoms with van der Waals surface area (Å²) in [5, 5.41) is 3.57. The van der Waals surface area contributed by atoms with Crippen molar-refractivity contribution in [2.75, 3.05) is 6.54 Å². The first-order valence-electron chi connectivity index (χ1n) is 4.77. The maximum absolute atomic E-state index is 3.57. The molecule has 2 aliphatic rings. The average molecular weight is 159 g/mol. The van der Waals surface area contributed by atoms with Gasteiger partial charge in [-0.05, 0) is 36.4 Å². The molecule has 1 heteroatoms. The van der Waals surface area contributed by atoms with Crippen molar-refractivity contribution < 1.29 is 0 Å². The number of benzene rings is 1. The minimum absolute atomic E-state index is 0.667. The van der Waals surface area contributed by atoms with Crippen molar-refractivity contribution in [1.82, 2.24) is 5.32 Å². The van der Waals surface area contributed by atoms with Crippen LogP contribution in [-0.2, 0) is 0 Å². The van der Waals surface area contributed by atoms with E-state index < -0.39 is 0 Å². The summed E-state index contributed by atoms with van der Waals surface area (Å²) < 4.78 is 0. The molecule has 62 valence electrons. The fourth-order valence-electron chi connectivity index (χ4n) is 2.64. The maximum Gasteiger partial charge on any atom is 0.0328 e. The summed E-state index contributed by atoms with van der Waals surface area (Å²) in [6.07, 6.45) is 2.66. The lowest BCUT2D eigenvalue weighted by atomic mass is 9.97. The second-order valence-corrected chi connectivity index (χ2v) is 3.86. The summed E-state index contributed by atoms with van der Waals surface area (Å²) in [5.74, 6) is 0.854. The molecule has 1 aromatic carbocycles. The molecule has 12 heavy (non-hydrogen) atoms. The lowest BCUT2D eigenvalue weighted by Gasteiger charge is -2.20. The van der Waals surface area contributed by atoms with Gasteiger partial charge in [0.25, 0.3) is 0 Å². The predicted molar refractivity (Wildman–Crippen MR) is 49.2 cm³/mol. The van der Waals surface area contributed by atoms with Crippen molar-refractivity contribution in [3.05, 3.63) is 35.4 Å². The minimum atomic E-state index is 0.667. The van der Waals surface area contributed by atoms with E-state index in [9.17, 15) is 0 Å². The number of rotatable bonds is 0. The summed E-state index contributed by atoms with van der Waals surface area (Å²) in [6.45, 7) is 1.20. The van der Waals surface area contributed by atoms with Gasteiger partial charge in [0.2, 0.25) is 0 Å². The Labute approximate surface area is 72.8 Å². The first kappa shape index (κ1) is 6.67. The lowest BCUT2D eigenvalue weighted by molar-refractivity contribution is 0.410. The molecule has 0 saturated carbocycles. The summed E-state index contributed by atoms with van der Waals surface area (Å²) in [5.41, 5.74) is 3.16. The number of nitrogens with one attached hydrogen (secondary N) is 1. The van der Waals surface area contributed by atoms with Crippen molar-refractivity contribution in [3.8, 4) is 0 Å². The molecule has 0 unspecified atom stereocenters. The van der Waals surface area contributed by atoms with Crippen molar-refractivity contribution in [2.45, 2.75) is 24.8 Å². The molecule has 1 heterocycles. The van der Waals surface area contributed by atoms with E-state index in [0.29, 0.717) is 6.04 Å². The second-order valence-electron chi connectivity index (χ2n) is 3.86. The Balaban J connectivity index is 2.16. The van der Waals surface area contributed by atoms with Crippen LogP contribution >= 0.6 is 0 Å². The van der Waals surface area contributed by atoms with E-state index in [1.54, 1.807) is 11.1 Å². The van der Waals surface area contributed by atoms with Gasteiger partial charge in [-0.15, -0.1) is 0 Å². The molecule has 3 rings (SSSR count). The van der Waals surface area contributed by atoms with Crippen LogP contribution in [0.3, 0.4) is 0 Å². The molecule has 0 spiro atoms. The molecule has 1 fully saturated rings. The SMILES string of the molecule is c1ccc2c(c1)[C@H]1CCN[C@@H]2C1. The smallest absolute Gasteiger partial charge is 0.0328 e. The summed E-state index contributed by atoms with van der Waals surface area (Å²) in [4.78, 5) is 0. The number of fused-ring (bicyclic) bond motifs is 5. The molecule has 1 saturated heterocycles. The standard InChI is InChI=1S/C11H13N/c1-2-4-10-9(3-1)8-5-6-12-11(10)7-8/h1-4,8,11-12H,5-7H2/t8-,11+/m0/s1. The van der Waals surface area contributed by atoms with Crippen molar-refractivity contribution in [1.29, 1.82) is 0 Å². The minimum Gasteiger partial charge on any atom is -0.310 e. The number of piperidine rings is 1. The molecule has 0 radical (unpaired) electrons. The zero-order chi connectivity index (χ0) is 7.97. The van der Waals surface area contributed by atoms with Crippen molar-refractivity contribution in [3.63, 3.8) is 0 Å². The molecule has 1 aromatic rings. The van der Waals surface area contributed by atoms with Gasteiger partial charge < -0.3 is 5.32 Å². The van der Waals surface area contributed by atoms with E-state index in [1.165, 1.54) is 19.4 Å². The summed E-state index contributed by atoms with van der Waals surface area (Å²) >= 11 is 0. The molecular formula is C11H13N. The fraction of sp³-hybridized carbons (Fsp3) is 0.455. The molecular weight excluding hydrogens is 146 g/mol. The molecule has 1 nitrogen and oxygen atoms in total. The van der Waals surface area contributed by atoms with Gasteiger partial charge in [-0.25, -0.2) is 0 Å². The maximum atomic E-state index is 3.57. The number of hydrogen-bond donors (Lipinski definition) is 1. The van der Waals surface area contributed by atoms with Gasteiger partial charge in [0.05, 0.1) is 0 Å².